The Morgan fingerprint density at radius 3 is 2.39 bits per heavy atom. The Hall–Kier alpha value is -2.87. The predicted octanol–water partition coefficient (Wildman–Crippen LogP) is 2.06. The number of carbonyl (C=O) groups excluding carboxylic acids is 2. The van der Waals surface area contributed by atoms with Gasteiger partial charge in [-0.3, -0.25) is 9.00 Å². The van der Waals surface area contributed by atoms with E-state index in [0.717, 1.165) is 27.5 Å². The van der Waals surface area contributed by atoms with Gasteiger partial charge in [0, 0.05) is 53.5 Å². The quantitative estimate of drug-likeness (QED) is 0.726. The van der Waals surface area contributed by atoms with E-state index in [-0.39, 0.29) is 11.7 Å². The van der Waals surface area contributed by atoms with Crippen molar-refractivity contribution in [1.29, 1.82) is 0 Å². The van der Waals surface area contributed by atoms with Crippen LogP contribution >= 0.6 is 0 Å². The third kappa shape index (κ3) is 3.73. The molecule has 3 aromatic rings. The zero-order chi connectivity index (χ0) is 19.7. The monoisotopic (exact) mass is 399 g/mol. The zero-order valence-corrected chi connectivity index (χ0v) is 16.1. The van der Waals surface area contributed by atoms with Gasteiger partial charge in [0.15, 0.2) is 0 Å². The lowest BCUT2D eigenvalue weighted by molar-refractivity contribution is -0.129. The highest BCUT2D eigenvalue weighted by Crippen LogP contribution is 2.29. The van der Waals surface area contributed by atoms with Crippen molar-refractivity contribution in [3.05, 3.63) is 48.0 Å². The molecule has 2 N–H and O–H groups in total. The maximum atomic E-state index is 12.5. The average Bonchev–Trinajstić information content (AvgIpc) is 3.06. The van der Waals surface area contributed by atoms with Crippen LogP contribution in [0.5, 0.6) is 0 Å². The number of carbonyl (C=O) groups is 2. The average molecular weight is 399 g/mol. The number of furan rings is 1. The van der Waals surface area contributed by atoms with E-state index in [1.165, 1.54) is 4.90 Å². The third-order valence-electron chi connectivity index (χ3n) is 5.00. The first-order valence-corrected chi connectivity index (χ1v) is 10.6. The number of nitrogens with zero attached hydrogens (tertiary/aromatic N) is 2. The maximum absolute atomic E-state index is 12.5. The van der Waals surface area contributed by atoms with Gasteiger partial charge in [0.2, 0.25) is 5.91 Å². The highest BCUT2D eigenvalue weighted by atomic mass is 32.2. The van der Waals surface area contributed by atoms with E-state index in [9.17, 15) is 13.8 Å². The molecule has 1 atom stereocenters. The summed E-state index contributed by atoms with van der Waals surface area (Å²) in [5, 5.41) is 2.01. The van der Waals surface area contributed by atoms with Gasteiger partial charge < -0.3 is 20.0 Å². The summed E-state index contributed by atoms with van der Waals surface area (Å²) in [4.78, 5) is 26.7. The van der Waals surface area contributed by atoms with E-state index in [2.05, 4.69) is 0 Å². The summed E-state index contributed by atoms with van der Waals surface area (Å²) < 4.78 is 18.3. The standard InChI is InChI=1S/C20H21N3O4S/c21-20(25)23-9-7-22(8-10-23)19(24)13-28(26)12-14-5-6-18-16(11-14)15-3-1-2-4-17(15)27-18/h1-6,11H,7-10,12-13H2,(H2,21,25). The highest BCUT2D eigenvalue weighted by Gasteiger charge is 2.24. The van der Waals surface area contributed by atoms with Crippen molar-refractivity contribution in [1.82, 2.24) is 9.80 Å². The Labute approximate surface area is 164 Å². The topological polar surface area (TPSA) is 96.9 Å². The van der Waals surface area contributed by atoms with Gasteiger partial charge in [-0.2, -0.15) is 0 Å². The lowest BCUT2D eigenvalue weighted by atomic mass is 10.1. The van der Waals surface area contributed by atoms with Gasteiger partial charge in [0.1, 0.15) is 16.9 Å². The molecule has 0 aliphatic carbocycles. The summed E-state index contributed by atoms with van der Waals surface area (Å²) in [5.74, 6) is 0.126. The van der Waals surface area contributed by atoms with Gasteiger partial charge in [-0.05, 0) is 23.8 Å². The van der Waals surface area contributed by atoms with Gasteiger partial charge in [0.05, 0.1) is 0 Å². The predicted molar refractivity (Wildman–Crippen MR) is 108 cm³/mol. The van der Waals surface area contributed by atoms with Crippen LogP contribution in [-0.2, 0) is 21.3 Å². The first-order chi connectivity index (χ1) is 13.5. The molecular formula is C20H21N3O4S. The highest BCUT2D eigenvalue weighted by molar-refractivity contribution is 7.84. The van der Waals surface area contributed by atoms with E-state index < -0.39 is 16.8 Å². The fraction of sp³-hybridized carbons (Fsp3) is 0.300. The molecule has 1 aromatic heterocycles. The summed E-state index contributed by atoms with van der Waals surface area (Å²) in [6.45, 7) is 1.67. The third-order valence-corrected chi connectivity index (χ3v) is 6.22. The van der Waals surface area contributed by atoms with Crippen LogP contribution in [-0.4, -0.2) is 57.9 Å². The summed E-state index contributed by atoms with van der Waals surface area (Å²) >= 11 is 0. The number of para-hydroxylation sites is 1. The van der Waals surface area contributed by atoms with Crippen molar-refractivity contribution in [2.24, 2.45) is 5.73 Å². The fourth-order valence-corrected chi connectivity index (χ4v) is 4.62. The van der Waals surface area contributed by atoms with E-state index >= 15 is 0 Å². The van der Waals surface area contributed by atoms with Crippen molar-refractivity contribution < 1.29 is 18.2 Å². The second-order valence-corrected chi connectivity index (χ2v) is 8.32. The van der Waals surface area contributed by atoms with Crippen LogP contribution in [0, 0.1) is 0 Å². The molecule has 0 radical (unpaired) electrons. The number of hydrogen-bond donors (Lipinski definition) is 1. The molecule has 1 fully saturated rings. The summed E-state index contributed by atoms with van der Waals surface area (Å²) in [6.07, 6.45) is 0. The summed E-state index contributed by atoms with van der Waals surface area (Å²) in [6, 6.07) is 13.1. The Kier molecular flexibility index (Phi) is 5.04. The Balaban J connectivity index is 1.40. The molecule has 2 heterocycles. The molecule has 3 amide bonds. The van der Waals surface area contributed by atoms with Gasteiger partial charge in [-0.15, -0.1) is 0 Å². The van der Waals surface area contributed by atoms with Crippen LogP contribution in [0.3, 0.4) is 0 Å². The lowest BCUT2D eigenvalue weighted by Crippen LogP contribution is -2.52. The van der Waals surface area contributed by atoms with E-state index in [4.69, 9.17) is 10.2 Å². The molecule has 4 rings (SSSR count). The van der Waals surface area contributed by atoms with E-state index in [1.807, 2.05) is 42.5 Å². The summed E-state index contributed by atoms with van der Waals surface area (Å²) in [5.41, 5.74) is 7.77. The molecule has 0 bridgehead atoms. The van der Waals surface area contributed by atoms with Crippen LogP contribution in [0.15, 0.2) is 46.9 Å². The molecule has 0 spiro atoms. The molecule has 146 valence electrons. The Morgan fingerprint density at radius 2 is 1.64 bits per heavy atom. The first-order valence-electron chi connectivity index (χ1n) is 9.08. The number of nitrogens with two attached hydrogens (primary N) is 1. The van der Waals surface area contributed by atoms with E-state index in [0.29, 0.717) is 31.9 Å². The number of amides is 3. The number of primary amides is 1. The fourth-order valence-electron chi connectivity index (χ4n) is 3.51. The molecule has 1 aliphatic heterocycles. The van der Waals surface area contributed by atoms with Crippen LogP contribution in [0.1, 0.15) is 5.56 Å². The minimum atomic E-state index is -1.31. The maximum Gasteiger partial charge on any atom is 0.314 e. The number of fused-ring (bicyclic) bond motifs is 3. The van der Waals surface area contributed by atoms with Crippen molar-refractivity contribution in [2.45, 2.75) is 5.75 Å². The molecule has 1 unspecified atom stereocenters. The van der Waals surface area contributed by atoms with Crippen molar-refractivity contribution in [3.63, 3.8) is 0 Å². The van der Waals surface area contributed by atoms with Crippen LogP contribution in [0.4, 0.5) is 4.79 Å². The lowest BCUT2D eigenvalue weighted by Gasteiger charge is -2.33. The molecule has 1 saturated heterocycles. The molecule has 7 nitrogen and oxygen atoms in total. The van der Waals surface area contributed by atoms with Gasteiger partial charge in [0.25, 0.3) is 0 Å². The van der Waals surface area contributed by atoms with Gasteiger partial charge >= 0.3 is 6.03 Å². The van der Waals surface area contributed by atoms with E-state index in [1.54, 1.807) is 4.90 Å². The van der Waals surface area contributed by atoms with Gasteiger partial charge in [-0.1, -0.05) is 24.3 Å². The van der Waals surface area contributed by atoms with Crippen molar-refractivity contribution in [3.8, 4) is 0 Å². The SMILES string of the molecule is NC(=O)N1CCN(C(=O)CS(=O)Cc2ccc3oc4ccccc4c3c2)CC1. The van der Waals surface area contributed by atoms with Crippen molar-refractivity contribution >= 4 is 44.7 Å². The minimum absolute atomic E-state index is 0.0270. The normalized spacial score (nSPS) is 15.9. The molecule has 1 aliphatic rings. The number of hydrogen-bond acceptors (Lipinski definition) is 4. The molecule has 28 heavy (non-hydrogen) atoms. The second-order valence-electron chi connectivity index (χ2n) is 6.86. The zero-order valence-electron chi connectivity index (χ0n) is 15.3. The molecule has 0 saturated carbocycles. The first kappa shape index (κ1) is 18.5. The second kappa shape index (κ2) is 7.63. The van der Waals surface area contributed by atoms with Crippen LogP contribution < -0.4 is 5.73 Å². The number of rotatable bonds is 4. The molecule has 8 heteroatoms. The molecular weight excluding hydrogens is 378 g/mol. The number of benzene rings is 2. The Morgan fingerprint density at radius 1 is 0.964 bits per heavy atom. The Bertz CT molecular complexity index is 1070. The van der Waals surface area contributed by atoms with Crippen molar-refractivity contribution in [2.75, 3.05) is 31.9 Å². The smallest absolute Gasteiger partial charge is 0.314 e. The van der Waals surface area contributed by atoms with Gasteiger partial charge in [-0.25, -0.2) is 4.79 Å². The van der Waals surface area contributed by atoms with Crippen LogP contribution in [0.2, 0.25) is 0 Å². The molecule has 2 aromatic carbocycles. The minimum Gasteiger partial charge on any atom is -0.456 e. The summed E-state index contributed by atoms with van der Waals surface area (Å²) in [7, 11) is -1.31. The van der Waals surface area contributed by atoms with Crippen LogP contribution in [0.25, 0.3) is 21.9 Å². The largest absolute Gasteiger partial charge is 0.456 e. The number of urea groups is 1. The number of piperazine rings is 1.